The molecule has 94 valence electrons. The summed E-state index contributed by atoms with van der Waals surface area (Å²) in [4.78, 5) is 0. The topological polar surface area (TPSA) is 33.3 Å². The molecule has 1 aromatic rings. The molecule has 0 aromatic heterocycles. The summed E-state index contributed by atoms with van der Waals surface area (Å²) in [5, 5.41) is 7.02. The van der Waals surface area contributed by atoms with Gasteiger partial charge in [-0.2, -0.15) is 0 Å². The first kappa shape index (κ1) is 12.4. The highest BCUT2D eigenvalue weighted by molar-refractivity contribution is 5.50. The molecule has 0 bridgehead atoms. The number of anilines is 1. The van der Waals surface area contributed by atoms with E-state index >= 15 is 0 Å². The zero-order valence-electron chi connectivity index (χ0n) is 10.5. The van der Waals surface area contributed by atoms with E-state index in [-0.39, 0.29) is 0 Å². The molecule has 1 fully saturated rings. The lowest BCUT2D eigenvalue weighted by atomic mass is 10.1. The summed E-state index contributed by atoms with van der Waals surface area (Å²) in [5.41, 5.74) is 2.45. The summed E-state index contributed by atoms with van der Waals surface area (Å²) >= 11 is 0. The Morgan fingerprint density at radius 3 is 3.06 bits per heavy atom. The minimum atomic E-state index is 0.621. The molecule has 1 aliphatic heterocycles. The van der Waals surface area contributed by atoms with Crippen molar-refractivity contribution in [3.63, 3.8) is 0 Å². The first-order chi connectivity index (χ1) is 8.40. The van der Waals surface area contributed by atoms with Gasteiger partial charge in [0.05, 0.1) is 6.61 Å². The lowest BCUT2D eigenvalue weighted by Crippen LogP contribution is -2.29. The third-order valence-electron chi connectivity index (χ3n) is 3.18. The highest BCUT2D eigenvalue weighted by Crippen LogP contribution is 2.16. The fourth-order valence-electron chi connectivity index (χ4n) is 2.19. The van der Waals surface area contributed by atoms with Crippen LogP contribution < -0.4 is 10.6 Å². The van der Waals surface area contributed by atoms with Crippen molar-refractivity contribution in [2.75, 3.05) is 25.0 Å². The molecule has 1 saturated heterocycles. The van der Waals surface area contributed by atoms with Crippen molar-refractivity contribution in [3.8, 4) is 0 Å². The molecule has 1 heterocycles. The molecule has 1 aromatic carbocycles. The molecular formula is C14H22N2O. The Kier molecular flexibility index (Phi) is 4.83. The standard InChI is InChI=1S/C14H22N2O/c1-2-17-11-12-6-3-4-8-14(12)16-10-13-7-5-9-15-13/h3-4,6,8,13,15-16H,2,5,7,9-11H2,1H3. The average molecular weight is 234 g/mol. The summed E-state index contributed by atoms with van der Waals surface area (Å²) < 4.78 is 5.48. The molecule has 2 rings (SSSR count). The van der Waals surface area contributed by atoms with Crippen molar-refractivity contribution in [1.29, 1.82) is 0 Å². The maximum atomic E-state index is 5.48. The predicted molar refractivity (Wildman–Crippen MR) is 71.3 cm³/mol. The molecule has 0 spiro atoms. The molecule has 1 unspecified atom stereocenters. The van der Waals surface area contributed by atoms with E-state index in [0.29, 0.717) is 12.6 Å². The van der Waals surface area contributed by atoms with Gasteiger partial charge in [-0.05, 0) is 32.4 Å². The van der Waals surface area contributed by atoms with E-state index in [9.17, 15) is 0 Å². The van der Waals surface area contributed by atoms with Crippen LogP contribution in [0.15, 0.2) is 24.3 Å². The Hall–Kier alpha value is -1.06. The lowest BCUT2D eigenvalue weighted by Gasteiger charge is -2.15. The smallest absolute Gasteiger partial charge is 0.0736 e. The maximum Gasteiger partial charge on any atom is 0.0736 e. The van der Waals surface area contributed by atoms with Crippen LogP contribution in [0.1, 0.15) is 25.3 Å². The Balaban J connectivity index is 1.89. The number of benzene rings is 1. The van der Waals surface area contributed by atoms with Crippen LogP contribution >= 0.6 is 0 Å². The Morgan fingerprint density at radius 1 is 1.41 bits per heavy atom. The van der Waals surface area contributed by atoms with Crippen molar-refractivity contribution in [2.45, 2.75) is 32.4 Å². The first-order valence-electron chi connectivity index (χ1n) is 6.53. The Labute approximate surface area is 104 Å². The van der Waals surface area contributed by atoms with Crippen LogP contribution in [0.4, 0.5) is 5.69 Å². The number of rotatable bonds is 6. The van der Waals surface area contributed by atoms with Gasteiger partial charge in [-0.1, -0.05) is 18.2 Å². The third-order valence-corrected chi connectivity index (χ3v) is 3.18. The minimum absolute atomic E-state index is 0.621. The molecule has 0 amide bonds. The van der Waals surface area contributed by atoms with Crippen LogP contribution in [0, 0.1) is 0 Å². The van der Waals surface area contributed by atoms with Gasteiger partial charge in [-0.15, -0.1) is 0 Å². The van der Waals surface area contributed by atoms with Crippen LogP contribution in [-0.4, -0.2) is 25.7 Å². The number of hydrogen-bond donors (Lipinski definition) is 2. The van der Waals surface area contributed by atoms with Crippen LogP contribution in [0.2, 0.25) is 0 Å². The van der Waals surface area contributed by atoms with Gasteiger partial charge in [0.25, 0.3) is 0 Å². The summed E-state index contributed by atoms with van der Waals surface area (Å²) in [6.45, 7) is 5.64. The molecule has 3 nitrogen and oxygen atoms in total. The van der Waals surface area contributed by atoms with Crippen molar-refractivity contribution in [1.82, 2.24) is 5.32 Å². The minimum Gasteiger partial charge on any atom is -0.383 e. The van der Waals surface area contributed by atoms with Gasteiger partial charge in [0.15, 0.2) is 0 Å². The molecule has 0 aliphatic carbocycles. The van der Waals surface area contributed by atoms with Crippen molar-refractivity contribution in [2.24, 2.45) is 0 Å². The molecule has 0 saturated carbocycles. The zero-order valence-corrected chi connectivity index (χ0v) is 10.5. The Bertz CT molecular complexity index is 335. The van der Waals surface area contributed by atoms with Crippen LogP contribution in [0.25, 0.3) is 0 Å². The fraction of sp³-hybridized carbons (Fsp3) is 0.571. The normalized spacial score (nSPS) is 19.5. The van der Waals surface area contributed by atoms with E-state index in [1.54, 1.807) is 0 Å². The zero-order chi connectivity index (χ0) is 11.9. The molecule has 1 atom stereocenters. The number of hydrogen-bond acceptors (Lipinski definition) is 3. The van der Waals surface area contributed by atoms with Gasteiger partial charge < -0.3 is 15.4 Å². The van der Waals surface area contributed by atoms with Crippen molar-refractivity contribution >= 4 is 5.69 Å². The SMILES string of the molecule is CCOCc1ccccc1NCC1CCCN1. The van der Waals surface area contributed by atoms with E-state index in [1.807, 2.05) is 6.92 Å². The molecular weight excluding hydrogens is 212 g/mol. The summed E-state index contributed by atoms with van der Waals surface area (Å²) in [6.07, 6.45) is 2.58. The second-order valence-electron chi connectivity index (χ2n) is 4.47. The van der Waals surface area contributed by atoms with Gasteiger partial charge in [0, 0.05) is 30.4 Å². The fourth-order valence-corrected chi connectivity index (χ4v) is 2.19. The molecule has 0 radical (unpaired) electrons. The maximum absolute atomic E-state index is 5.48. The summed E-state index contributed by atoms with van der Waals surface area (Å²) in [7, 11) is 0. The highest BCUT2D eigenvalue weighted by Gasteiger charge is 2.13. The van der Waals surface area contributed by atoms with Crippen LogP contribution in [-0.2, 0) is 11.3 Å². The van der Waals surface area contributed by atoms with E-state index in [1.165, 1.54) is 24.1 Å². The average Bonchev–Trinajstić information content (AvgIpc) is 2.88. The molecule has 2 N–H and O–H groups in total. The van der Waals surface area contributed by atoms with Gasteiger partial charge in [0.2, 0.25) is 0 Å². The van der Waals surface area contributed by atoms with Gasteiger partial charge in [-0.25, -0.2) is 0 Å². The third kappa shape index (κ3) is 3.72. The van der Waals surface area contributed by atoms with Crippen molar-refractivity contribution in [3.05, 3.63) is 29.8 Å². The predicted octanol–water partition coefficient (Wildman–Crippen LogP) is 2.39. The molecule has 1 aliphatic rings. The molecule has 17 heavy (non-hydrogen) atoms. The van der Waals surface area contributed by atoms with E-state index in [2.05, 4.69) is 34.9 Å². The van der Waals surface area contributed by atoms with Gasteiger partial charge in [-0.3, -0.25) is 0 Å². The quantitative estimate of drug-likeness (QED) is 0.793. The second-order valence-corrected chi connectivity index (χ2v) is 4.47. The summed E-state index contributed by atoms with van der Waals surface area (Å²) in [5.74, 6) is 0. The highest BCUT2D eigenvalue weighted by atomic mass is 16.5. The van der Waals surface area contributed by atoms with Gasteiger partial charge in [0.1, 0.15) is 0 Å². The monoisotopic (exact) mass is 234 g/mol. The Morgan fingerprint density at radius 2 is 2.29 bits per heavy atom. The van der Waals surface area contributed by atoms with E-state index < -0.39 is 0 Å². The van der Waals surface area contributed by atoms with E-state index in [0.717, 1.165) is 19.7 Å². The van der Waals surface area contributed by atoms with Crippen LogP contribution in [0.3, 0.4) is 0 Å². The number of ether oxygens (including phenoxy) is 1. The van der Waals surface area contributed by atoms with E-state index in [4.69, 9.17) is 4.74 Å². The van der Waals surface area contributed by atoms with Crippen molar-refractivity contribution < 1.29 is 4.74 Å². The van der Waals surface area contributed by atoms with Gasteiger partial charge >= 0.3 is 0 Å². The summed E-state index contributed by atoms with van der Waals surface area (Å²) in [6, 6.07) is 9.01. The molecule has 3 heteroatoms. The number of para-hydroxylation sites is 1. The largest absolute Gasteiger partial charge is 0.383 e. The number of nitrogens with one attached hydrogen (secondary N) is 2. The second kappa shape index (κ2) is 6.62. The lowest BCUT2D eigenvalue weighted by molar-refractivity contribution is 0.134. The first-order valence-corrected chi connectivity index (χ1v) is 6.53. The van der Waals surface area contributed by atoms with Crippen LogP contribution in [0.5, 0.6) is 0 Å².